The number of aliphatic hydroxyl groups excluding tert-OH is 1. The highest BCUT2D eigenvalue weighted by molar-refractivity contribution is 6.32. The van der Waals surface area contributed by atoms with Gasteiger partial charge in [-0.3, -0.25) is 0 Å². The zero-order valence-corrected chi connectivity index (χ0v) is 13.0. The van der Waals surface area contributed by atoms with Crippen molar-refractivity contribution in [2.24, 2.45) is 0 Å². The predicted octanol–water partition coefficient (Wildman–Crippen LogP) is 5.11. The van der Waals surface area contributed by atoms with Crippen molar-refractivity contribution in [2.75, 3.05) is 0 Å². The van der Waals surface area contributed by atoms with E-state index < -0.39 is 6.10 Å². The van der Waals surface area contributed by atoms with Crippen molar-refractivity contribution in [3.05, 3.63) is 57.6 Å². The molecule has 2 aromatic carbocycles. The molecule has 0 radical (unpaired) electrons. The summed E-state index contributed by atoms with van der Waals surface area (Å²) in [5, 5.41) is 10.1. The first-order valence-corrected chi connectivity index (χ1v) is 7.00. The summed E-state index contributed by atoms with van der Waals surface area (Å²) >= 11 is 6.23. The fraction of sp³-hybridized carbons (Fsp3) is 0.294. The van der Waals surface area contributed by atoms with Crippen molar-refractivity contribution in [2.45, 2.75) is 33.8 Å². The lowest BCUT2D eigenvalue weighted by atomic mass is 10.1. The van der Waals surface area contributed by atoms with Crippen molar-refractivity contribution in [1.29, 1.82) is 0 Å². The topological polar surface area (TPSA) is 29.5 Å². The average molecular weight is 291 g/mol. The number of benzene rings is 2. The Kier molecular flexibility index (Phi) is 4.36. The van der Waals surface area contributed by atoms with Crippen LogP contribution in [0.15, 0.2) is 30.3 Å². The van der Waals surface area contributed by atoms with Crippen molar-refractivity contribution >= 4 is 11.6 Å². The van der Waals surface area contributed by atoms with Crippen LogP contribution in [0.5, 0.6) is 11.5 Å². The van der Waals surface area contributed by atoms with Gasteiger partial charge in [-0.05, 0) is 62.1 Å². The van der Waals surface area contributed by atoms with Crippen LogP contribution in [0, 0.1) is 20.8 Å². The first-order chi connectivity index (χ1) is 9.40. The predicted molar refractivity (Wildman–Crippen MR) is 82.8 cm³/mol. The van der Waals surface area contributed by atoms with Crippen LogP contribution in [-0.4, -0.2) is 5.11 Å². The van der Waals surface area contributed by atoms with E-state index in [9.17, 15) is 5.11 Å². The molecule has 0 saturated heterocycles. The Hall–Kier alpha value is -1.51. The van der Waals surface area contributed by atoms with Gasteiger partial charge in [-0.1, -0.05) is 29.8 Å². The van der Waals surface area contributed by atoms with Crippen LogP contribution in [0.2, 0.25) is 5.02 Å². The van der Waals surface area contributed by atoms with Crippen LogP contribution in [-0.2, 0) is 0 Å². The molecule has 20 heavy (non-hydrogen) atoms. The molecule has 0 aromatic heterocycles. The lowest BCUT2D eigenvalue weighted by Crippen LogP contribution is -1.96. The van der Waals surface area contributed by atoms with Crippen LogP contribution >= 0.6 is 11.6 Å². The molecule has 2 nitrogen and oxygen atoms in total. The van der Waals surface area contributed by atoms with Crippen molar-refractivity contribution in [3.63, 3.8) is 0 Å². The fourth-order valence-corrected chi connectivity index (χ4v) is 2.28. The van der Waals surface area contributed by atoms with Gasteiger partial charge in [-0.15, -0.1) is 0 Å². The molecule has 0 aliphatic carbocycles. The van der Waals surface area contributed by atoms with Crippen LogP contribution < -0.4 is 4.74 Å². The van der Waals surface area contributed by atoms with Crippen LogP contribution in [0.4, 0.5) is 0 Å². The van der Waals surface area contributed by atoms with E-state index in [4.69, 9.17) is 16.3 Å². The number of aliphatic hydroxyl groups is 1. The Balaban J connectivity index is 2.38. The second-order valence-electron chi connectivity index (χ2n) is 5.12. The highest BCUT2D eigenvalue weighted by Crippen LogP contribution is 2.35. The van der Waals surface area contributed by atoms with E-state index in [0.29, 0.717) is 10.8 Å². The smallest absolute Gasteiger partial charge is 0.146 e. The standard InChI is InChI=1S/C17H19ClO2/c1-10-5-6-11(2)17(12(10)3)20-16-8-7-14(13(4)19)9-15(16)18/h5-9,13,19H,1-4H3. The van der Waals surface area contributed by atoms with Crippen molar-refractivity contribution < 1.29 is 9.84 Å². The van der Waals surface area contributed by atoms with E-state index in [1.165, 1.54) is 5.56 Å². The maximum atomic E-state index is 9.55. The number of ether oxygens (including phenoxy) is 1. The average Bonchev–Trinajstić information content (AvgIpc) is 2.40. The maximum Gasteiger partial charge on any atom is 0.146 e. The third kappa shape index (κ3) is 2.97. The van der Waals surface area contributed by atoms with Crippen LogP contribution in [0.1, 0.15) is 35.3 Å². The third-order valence-electron chi connectivity index (χ3n) is 3.52. The summed E-state index contributed by atoms with van der Waals surface area (Å²) < 4.78 is 5.97. The Morgan fingerprint density at radius 2 is 1.70 bits per heavy atom. The normalized spacial score (nSPS) is 12.3. The molecule has 2 rings (SSSR count). The third-order valence-corrected chi connectivity index (χ3v) is 3.82. The lowest BCUT2D eigenvalue weighted by Gasteiger charge is -2.15. The summed E-state index contributed by atoms with van der Waals surface area (Å²) in [4.78, 5) is 0. The quantitative estimate of drug-likeness (QED) is 0.851. The summed E-state index contributed by atoms with van der Waals surface area (Å²) in [7, 11) is 0. The fourth-order valence-electron chi connectivity index (χ4n) is 2.05. The van der Waals surface area contributed by atoms with Gasteiger partial charge in [0.2, 0.25) is 0 Å². The highest BCUT2D eigenvalue weighted by Gasteiger charge is 2.11. The minimum atomic E-state index is -0.538. The summed E-state index contributed by atoms with van der Waals surface area (Å²) in [6.45, 7) is 7.82. The second kappa shape index (κ2) is 5.86. The van der Waals surface area contributed by atoms with Gasteiger partial charge in [0, 0.05) is 0 Å². The van der Waals surface area contributed by atoms with Gasteiger partial charge in [-0.25, -0.2) is 0 Å². The molecule has 1 atom stereocenters. The molecule has 0 amide bonds. The van der Waals surface area contributed by atoms with Gasteiger partial charge in [0.25, 0.3) is 0 Å². The molecule has 0 aliphatic rings. The molecule has 0 saturated carbocycles. The molecular weight excluding hydrogens is 272 g/mol. The summed E-state index contributed by atoms with van der Waals surface area (Å²) in [5.74, 6) is 1.45. The van der Waals surface area contributed by atoms with Crippen molar-refractivity contribution in [1.82, 2.24) is 0 Å². The minimum absolute atomic E-state index is 0.503. The Morgan fingerprint density at radius 3 is 2.30 bits per heavy atom. The first-order valence-electron chi connectivity index (χ1n) is 6.62. The second-order valence-corrected chi connectivity index (χ2v) is 5.53. The zero-order chi connectivity index (χ0) is 14.9. The monoisotopic (exact) mass is 290 g/mol. The summed E-state index contributed by atoms with van der Waals surface area (Å²) in [5.41, 5.74) is 4.15. The van der Waals surface area contributed by atoms with Gasteiger partial charge >= 0.3 is 0 Å². The molecule has 0 fully saturated rings. The summed E-state index contributed by atoms with van der Waals surface area (Å²) in [6, 6.07) is 9.48. The SMILES string of the molecule is Cc1ccc(C)c(Oc2ccc(C(C)O)cc2Cl)c1C. The van der Waals surface area contributed by atoms with E-state index in [-0.39, 0.29) is 0 Å². The van der Waals surface area contributed by atoms with Gasteiger partial charge in [0.1, 0.15) is 11.5 Å². The molecule has 0 bridgehead atoms. The number of rotatable bonds is 3. The Labute approximate surface area is 125 Å². The first kappa shape index (κ1) is 14.9. The van der Waals surface area contributed by atoms with Crippen LogP contribution in [0.25, 0.3) is 0 Å². The molecule has 0 spiro atoms. The molecule has 1 N–H and O–H groups in total. The van der Waals surface area contributed by atoms with Gasteiger partial charge in [-0.2, -0.15) is 0 Å². The number of hydrogen-bond donors (Lipinski definition) is 1. The van der Waals surface area contributed by atoms with E-state index in [0.717, 1.165) is 22.4 Å². The van der Waals surface area contributed by atoms with Gasteiger partial charge in [0.05, 0.1) is 11.1 Å². The Bertz CT molecular complexity index is 633. The van der Waals surface area contributed by atoms with E-state index in [2.05, 4.69) is 13.0 Å². The maximum absolute atomic E-state index is 9.55. The molecule has 3 heteroatoms. The van der Waals surface area contributed by atoms with Crippen molar-refractivity contribution in [3.8, 4) is 11.5 Å². The largest absolute Gasteiger partial charge is 0.455 e. The van der Waals surface area contributed by atoms with E-state index in [1.807, 2.05) is 26.0 Å². The molecule has 0 aliphatic heterocycles. The van der Waals surface area contributed by atoms with Gasteiger partial charge in [0.15, 0.2) is 0 Å². The molecule has 0 heterocycles. The number of aryl methyl sites for hydroxylation is 2. The highest BCUT2D eigenvalue weighted by atomic mass is 35.5. The number of halogens is 1. The van der Waals surface area contributed by atoms with E-state index in [1.54, 1.807) is 19.1 Å². The molecule has 1 unspecified atom stereocenters. The Morgan fingerprint density at radius 1 is 1.05 bits per heavy atom. The summed E-state index contributed by atoms with van der Waals surface area (Å²) in [6.07, 6.45) is -0.538. The molecule has 2 aromatic rings. The number of hydrogen-bond acceptors (Lipinski definition) is 2. The molecular formula is C17H19ClO2. The van der Waals surface area contributed by atoms with Crippen LogP contribution in [0.3, 0.4) is 0 Å². The lowest BCUT2D eigenvalue weighted by molar-refractivity contribution is 0.199. The molecule has 106 valence electrons. The minimum Gasteiger partial charge on any atom is -0.455 e. The zero-order valence-electron chi connectivity index (χ0n) is 12.2. The van der Waals surface area contributed by atoms with E-state index >= 15 is 0 Å². The van der Waals surface area contributed by atoms with Gasteiger partial charge < -0.3 is 9.84 Å².